The van der Waals surface area contributed by atoms with Crippen LogP contribution in [0.1, 0.15) is 29.7 Å². The summed E-state index contributed by atoms with van der Waals surface area (Å²) in [6.07, 6.45) is 0.962. The van der Waals surface area contributed by atoms with Crippen LogP contribution in [0.4, 0.5) is 4.39 Å². The second kappa shape index (κ2) is 7.42. The summed E-state index contributed by atoms with van der Waals surface area (Å²) in [5, 5.41) is 0. The zero-order valence-corrected chi connectivity index (χ0v) is 15.1. The summed E-state index contributed by atoms with van der Waals surface area (Å²) in [5.41, 5.74) is 7.87. The number of quaternary nitrogens is 2. The van der Waals surface area contributed by atoms with Crippen LogP contribution in [0.3, 0.4) is 0 Å². The number of hydrogen-bond acceptors (Lipinski definition) is 2. The topological polar surface area (TPSA) is 50.5 Å². The molecule has 5 heteroatoms. The monoisotopic (exact) mass is 346 g/mol. The SMILES string of the molecule is COc1cc2c(cc1OC)[C@@H]([C@@H](C)[NH3+])[NH+](Cc1cccc(F)c1)CC2. The molecule has 2 aromatic carbocycles. The fraction of sp³-hybridized carbons (Fsp3) is 0.400. The van der Waals surface area contributed by atoms with E-state index in [1.165, 1.54) is 22.1 Å². The van der Waals surface area contributed by atoms with Gasteiger partial charge in [-0.2, -0.15) is 0 Å². The van der Waals surface area contributed by atoms with Crippen LogP contribution in [0.2, 0.25) is 0 Å². The van der Waals surface area contributed by atoms with Crippen molar-refractivity contribution in [2.45, 2.75) is 32.0 Å². The number of hydrogen-bond donors (Lipinski definition) is 2. The number of fused-ring (bicyclic) bond motifs is 1. The Morgan fingerprint density at radius 2 is 1.92 bits per heavy atom. The Morgan fingerprint density at radius 3 is 2.56 bits per heavy atom. The Bertz CT molecular complexity index is 748. The summed E-state index contributed by atoms with van der Waals surface area (Å²) in [6.45, 7) is 3.92. The van der Waals surface area contributed by atoms with E-state index in [0.717, 1.165) is 36.6 Å². The third-order valence-electron chi connectivity index (χ3n) is 5.02. The molecule has 1 heterocycles. The Balaban J connectivity index is 1.96. The molecule has 4 nitrogen and oxygen atoms in total. The second-order valence-corrected chi connectivity index (χ2v) is 6.83. The molecule has 0 aliphatic carbocycles. The Labute approximate surface area is 148 Å². The summed E-state index contributed by atoms with van der Waals surface area (Å²) >= 11 is 0. The van der Waals surface area contributed by atoms with Gasteiger partial charge in [0.1, 0.15) is 18.4 Å². The third kappa shape index (κ3) is 3.62. The first-order valence-electron chi connectivity index (χ1n) is 8.70. The zero-order chi connectivity index (χ0) is 18.0. The molecule has 3 rings (SSSR count). The fourth-order valence-corrected chi connectivity index (χ4v) is 3.93. The van der Waals surface area contributed by atoms with Crippen molar-refractivity contribution in [3.05, 3.63) is 58.9 Å². The molecule has 0 saturated carbocycles. The molecule has 1 aliphatic heterocycles. The number of nitrogens with one attached hydrogen (secondary N) is 1. The van der Waals surface area contributed by atoms with Gasteiger partial charge in [-0.3, -0.25) is 0 Å². The molecule has 1 unspecified atom stereocenters. The number of halogens is 1. The van der Waals surface area contributed by atoms with E-state index in [1.54, 1.807) is 26.4 Å². The molecule has 0 fully saturated rings. The van der Waals surface area contributed by atoms with Gasteiger partial charge in [-0.15, -0.1) is 0 Å². The molecule has 2 aromatic rings. The number of benzene rings is 2. The van der Waals surface area contributed by atoms with Crippen molar-refractivity contribution >= 4 is 0 Å². The van der Waals surface area contributed by atoms with Crippen LogP contribution < -0.4 is 20.1 Å². The van der Waals surface area contributed by atoms with Crippen LogP contribution in [0.5, 0.6) is 11.5 Å². The zero-order valence-electron chi connectivity index (χ0n) is 15.1. The van der Waals surface area contributed by atoms with E-state index in [2.05, 4.69) is 24.8 Å². The highest BCUT2D eigenvalue weighted by atomic mass is 19.1. The molecule has 0 radical (unpaired) electrons. The predicted molar refractivity (Wildman–Crippen MR) is 94.3 cm³/mol. The van der Waals surface area contributed by atoms with Gasteiger partial charge in [-0.25, -0.2) is 4.39 Å². The van der Waals surface area contributed by atoms with Crippen LogP contribution in [-0.2, 0) is 13.0 Å². The van der Waals surface area contributed by atoms with Crippen molar-refractivity contribution in [3.63, 3.8) is 0 Å². The van der Waals surface area contributed by atoms with E-state index in [9.17, 15) is 4.39 Å². The van der Waals surface area contributed by atoms with Crippen molar-refractivity contribution in [2.75, 3.05) is 20.8 Å². The van der Waals surface area contributed by atoms with Gasteiger partial charge in [0.25, 0.3) is 0 Å². The van der Waals surface area contributed by atoms with Gasteiger partial charge >= 0.3 is 0 Å². The molecular formula is C20H27FN2O2+2. The summed E-state index contributed by atoms with van der Waals surface area (Å²) in [5.74, 6) is 1.34. The van der Waals surface area contributed by atoms with Gasteiger partial charge < -0.3 is 20.1 Å². The van der Waals surface area contributed by atoms with Crippen molar-refractivity contribution < 1.29 is 24.5 Å². The van der Waals surface area contributed by atoms with Crippen LogP contribution >= 0.6 is 0 Å². The maximum Gasteiger partial charge on any atom is 0.166 e. The number of methoxy groups -OCH3 is 2. The van der Waals surface area contributed by atoms with E-state index < -0.39 is 0 Å². The minimum Gasteiger partial charge on any atom is -0.493 e. The van der Waals surface area contributed by atoms with E-state index in [4.69, 9.17) is 9.47 Å². The minimum absolute atomic E-state index is 0.181. The molecule has 3 atom stereocenters. The summed E-state index contributed by atoms with van der Waals surface area (Å²) in [6, 6.07) is 11.5. The highest BCUT2D eigenvalue weighted by molar-refractivity contribution is 5.49. The van der Waals surface area contributed by atoms with Gasteiger partial charge in [0.15, 0.2) is 17.5 Å². The lowest BCUT2D eigenvalue weighted by atomic mass is 9.88. The van der Waals surface area contributed by atoms with Crippen LogP contribution in [0.15, 0.2) is 36.4 Å². The fourth-order valence-electron chi connectivity index (χ4n) is 3.93. The largest absolute Gasteiger partial charge is 0.493 e. The standard InChI is InChI=1S/C20H25FN2O2/c1-13(22)20-17-11-19(25-3)18(24-2)10-15(17)7-8-23(20)12-14-5-4-6-16(21)9-14/h4-6,9-11,13,20H,7-8,12,22H2,1-3H3/p+2/t13-,20-/m1/s1. The lowest BCUT2D eigenvalue weighted by Crippen LogP contribution is -3.14. The van der Waals surface area contributed by atoms with Crippen LogP contribution in [0, 0.1) is 5.82 Å². The normalized spacial score (nSPS) is 20.7. The maximum atomic E-state index is 13.5. The summed E-state index contributed by atoms with van der Waals surface area (Å²) < 4.78 is 24.5. The minimum atomic E-state index is -0.181. The molecule has 25 heavy (non-hydrogen) atoms. The van der Waals surface area contributed by atoms with Gasteiger partial charge in [-0.05, 0) is 36.8 Å². The second-order valence-electron chi connectivity index (χ2n) is 6.83. The molecular weight excluding hydrogens is 319 g/mol. The van der Waals surface area contributed by atoms with Crippen LogP contribution in [-0.4, -0.2) is 26.8 Å². The average Bonchev–Trinajstić information content (AvgIpc) is 2.60. The third-order valence-corrected chi connectivity index (χ3v) is 5.02. The Hall–Kier alpha value is -2.11. The molecule has 1 aliphatic rings. The first-order chi connectivity index (χ1) is 12.0. The van der Waals surface area contributed by atoms with Gasteiger partial charge in [0.2, 0.25) is 0 Å². The van der Waals surface area contributed by atoms with E-state index in [-0.39, 0.29) is 17.9 Å². The van der Waals surface area contributed by atoms with Gasteiger partial charge in [-0.1, -0.05) is 12.1 Å². The van der Waals surface area contributed by atoms with Crippen molar-refractivity contribution in [3.8, 4) is 11.5 Å². The molecule has 0 aromatic heterocycles. The van der Waals surface area contributed by atoms with E-state index in [0.29, 0.717) is 0 Å². The Kier molecular flexibility index (Phi) is 5.25. The molecule has 0 spiro atoms. The predicted octanol–water partition coefficient (Wildman–Crippen LogP) is 1.16. The smallest absolute Gasteiger partial charge is 0.166 e. The van der Waals surface area contributed by atoms with Crippen LogP contribution in [0.25, 0.3) is 0 Å². The van der Waals surface area contributed by atoms with Gasteiger partial charge in [0, 0.05) is 17.5 Å². The maximum absolute atomic E-state index is 13.5. The molecule has 134 valence electrons. The molecule has 0 amide bonds. The molecule has 0 saturated heterocycles. The highest BCUT2D eigenvalue weighted by Gasteiger charge is 2.36. The number of rotatable bonds is 5. The first kappa shape index (κ1) is 17.7. The van der Waals surface area contributed by atoms with Crippen molar-refractivity contribution in [2.24, 2.45) is 0 Å². The van der Waals surface area contributed by atoms with Gasteiger partial charge in [0.05, 0.1) is 20.8 Å². The molecule has 4 N–H and O–H groups in total. The Morgan fingerprint density at radius 1 is 1.20 bits per heavy atom. The lowest BCUT2D eigenvalue weighted by molar-refractivity contribution is -0.957. The highest BCUT2D eigenvalue weighted by Crippen LogP contribution is 2.34. The lowest BCUT2D eigenvalue weighted by Gasteiger charge is -2.35. The van der Waals surface area contributed by atoms with E-state index >= 15 is 0 Å². The average molecular weight is 346 g/mol. The quantitative estimate of drug-likeness (QED) is 0.854. The van der Waals surface area contributed by atoms with Crippen molar-refractivity contribution in [1.29, 1.82) is 0 Å². The van der Waals surface area contributed by atoms with E-state index in [1.807, 2.05) is 6.07 Å². The summed E-state index contributed by atoms with van der Waals surface area (Å²) in [4.78, 5) is 1.41. The number of ether oxygens (including phenoxy) is 2. The van der Waals surface area contributed by atoms with Crippen molar-refractivity contribution in [1.82, 2.24) is 0 Å². The summed E-state index contributed by atoms with van der Waals surface area (Å²) in [7, 11) is 3.32. The molecule has 0 bridgehead atoms. The first-order valence-corrected chi connectivity index (χ1v) is 8.70.